The maximum Gasteiger partial charge on any atom is 0.120 e. The van der Waals surface area contributed by atoms with Crippen molar-refractivity contribution in [3.8, 4) is 6.07 Å². The van der Waals surface area contributed by atoms with Crippen LogP contribution in [0, 0.1) is 11.3 Å². The molecule has 0 saturated heterocycles. The van der Waals surface area contributed by atoms with Gasteiger partial charge in [0.2, 0.25) is 0 Å². The molecule has 0 aliphatic heterocycles. The summed E-state index contributed by atoms with van der Waals surface area (Å²) in [6, 6.07) is 6.13. The zero-order valence-corrected chi connectivity index (χ0v) is 9.49. The summed E-state index contributed by atoms with van der Waals surface area (Å²) in [6.07, 6.45) is 3.14. The van der Waals surface area contributed by atoms with Crippen LogP contribution in [-0.2, 0) is 17.7 Å². The first-order valence-corrected chi connectivity index (χ1v) is 5.41. The van der Waals surface area contributed by atoms with E-state index in [1.165, 1.54) is 5.69 Å². The molecular formula is C12H18N2O. The maximum atomic E-state index is 8.95. The SMILES string of the molecule is CCCCn1c(C#N)ccc1CCOC. The van der Waals surface area contributed by atoms with E-state index in [1.54, 1.807) is 7.11 Å². The van der Waals surface area contributed by atoms with Crippen molar-refractivity contribution in [3.63, 3.8) is 0 Å². The van der Waals surface area contributed by atoms with Gasteiger partial charge in [-0.25, -0.2) is 0 Å². The summed E-state index contributed by atoms with van der Waals surface area (Å²) in [4.78, 5) is 0. The summed E-state index contributed by atoms with van der Waals surface area (Å²) in [5.74, 6) is 0. The van der Waals surface area contributed by atoms with Crippen LogP contribution in [0.2, 0.25) is 0 Å². The number of unbranched alkanes of at least 4 members (excludes halogenated alkanes) is 1. The van der Waals surface area contributed by atoms with Gasteiger partial charge in [-0.15, -0.1) is 0 Å². The molecule has 0 amide bonds. The normalized spacial score (nSPS) is 10.2. The number of hydrogen-bond donors (Lipinski definition) is 0. The lowest BCUT2D eigenvalue weighted by atomic mass is 10.3. The molecule has 0 unspecified atom stereocenters. The molecule has 82 valence electrons. The summed E-state index contributed by atoms with van der Waals surface area (Å²) >= 11 is 0. The summed E-state index contributed by atoms with van der Waals surface area (Å²) in [6.45, 7) is 3.80. The highest BCUT2D eigenvalue weighted by atomic mass is 16.5. The maximum absolute atomic E-state index is 8.95. The van der Waals surface area contributed by atoms with Crippen LogP contribution in [0.5, 0.6) is 0 Å². The molecule has 0 aliphatic carbocycles. The Morgan fingerprint density at radius 2 is 2.27 bits per heavy atom. The van der Waals surface area contributed by atoms with E-state index in [9.17, 15) is 0 Å². The molecule has 15 heavy (non-hydrogen) atoms. The number of methoxy groups -OCH3 is 1. The third kappa shape index (κ3) is 3.10. The van der Waals surface area contributed by atoms with E-state index in [2.05, 4.69) is 17.6 Å². The van der Waals surface area contributed by atoms with Crippen LogP contribution in [0.25, 0.3) is 0 Å². The Kier molecular flexibility index (Phi) is 4.92. The largest absolute Gasteiger partial charge is 0.384 e. The van der Waals surface area contributed by atoms with Gasteiger partial charge in [-0.2, -0.15) is 5.26 Å². The molecule has 3 nitrogen and oxygen atoms in total. The molecule has 1 aromatic rings. The predicted molar refractivity (Wildman–Crippen MR) is 59.6 cm³/mol. The molecule has 0 bridgehead atoms. The van der Waals surface area contributed by atoms with Gasteiger partial charge in [-0.1, -0.05) is 13.3 Å². The van der Waals surface area contributed by atoms with Crippen LogP contribution in [-0.4, -0.2) is 18.3 Å². The minimum atomic E-state index is 0.709. The quantitative estimate of drug-likeness (QED) is 0.716. The lowest BCUT2D eigenvalue weighted by molar-refractivity contribution is 0.200. The van der Waals surface area contributed by atoms with Gasteiger partial charge in [0.05, 0.1) is 6.61 Å². The number of rotatable bonds is 6. The minimum Gasteiger partial charge on any atom is -0.384 e. The number of nitriles is 1. The number of nitrogens with zero attached hydrogens (tertiary/aromatic N) is 2. The summed E-state index contributed by atoms with van der Waals surface area (Å²) in [5, 5.41) is 8.95. The van der Waals surface area contributed by atoms with Gasteiger partial charge in [0.1, 0.15) is 11.8 Å². The van der Waals surface area contributed by atoms with Crippen molar-refractivity contribution in [2.24, 2.45) is 0 Å². The van der Waals surface area contributed by atoms with Gasteiger partial charge in [-0.3, -0.25) is 0 Å². The van der Waals surface area contributed by atoms with Crippen molar-refractivity contribution in [2.75, 3.05) is 13.7 Å². The molecule has 1 aromatic heterocycles. The van der Waals surface area contributed by atoms with Gasteiger partial charge in [0, 0.05) is 25.8 Å². The lowest BCUT2D eigenvalue weighted by Gasteiger charge is -2.09. The Morgan fingerprint density at radius 1 is 1.47 bits per heavy atom. The minimum absolute atomic E-state index is 0.709. The van der Waals surface area contributed by atoms with Crippen LogP contribution in [0.1, 0.15) is 31.2 Å². The molecular weight excluding hydrogens is 188 g/mol. The van der Waals surface area contributed by atoms with Crippen molar-refractivity contribution in [1.29, 1.82) is 5.26 Å². The molecule has 1 rings (SSSR count). The van der Waals surface area contributed by atoms with Crippen molar-refractivity contribution in [1.82, 2.24) is 4.57 Å². The fourth-order valence-corrected chi connectivity index (χ4v) is 1.61. The van der Waals surface area contributed by atoms with Crippen molar-refractivity contribution in [2.45, 2.75) is 32.7 Å². The Bertz CT molecular complexity index is 336. The Balaban J connectivity index is 2.76. The first-order valence-electron chi connectivity index (χ1n) is 5.41. The summed E-state index contributed by atoms with van der Waals surface area (Å²) in [5.41, 5.74) is 1.96. The molecule has 3 heteroatoms. The number of aromatic nitrogens is 1. The Labute approximate surface area is 91.3 Å². The first-order chi connectivity index (χ1) is 7.33. The second-order valence-corrected chi connectivity index (χ2v) is 3.57. The Hall–Kier alpha value is -1.27. The van der Waals surface area contributed by atoms with Crippen molar-refractivity contribution in [3.05, 3.63) is 23.5 Å². The van der Waals surface area contributed by atoms with E-state index < -0.39 is 0 Å². The molecule has 0 saturated carbocycles. The molecule has 0 atom stereocenters. The lowest BCUT2D eigenvalue weighted by Crippen LogP contribution is -2.07. The smallest absolute Gasteiger partial charge is 0.120 e. The van der Waals surface area contributed by atoms with Crippen LogP contribution < -0.4 is 0 Å². The number of ether oxygens (including phenoxy) is 1. The van der Waals surface area contributed by atoms with E-state index in [1.807, 2.05) is 12.1 Å². The van der Waals surface area contributed by atoms with Crippen molar-refractivity contribution < 1.29 is 4.74 Å². The molecule has 1 heterocycles. The average molecular weight is 206 g/mol. The zero-order valence-electron chi connectivity index (χ0n) is 9.49. The highest BCUT2D eigenvalue weighted by Crippen LogP contribution is 2.11. The van der Waals surface area contributed by atoms with Crippen LogP contribution in [0.4, 0.5) is 0 Å². The molecule has 0 fully saturated rings. The monoisotopic (exact) mass is 206 g/mol. The molecule has 0 N–H and O–H groups in total. The standard InChI is InChI=1S/C12H18N2O/c1-3-4-8-14-11(7-9-15-2)5-6-12(14)10-13/h5-6H,3-4,7-9H2,1-2H3. The van der Waals surface area contributed by atoms with E-state index in [0.717, 1.165) is 31.5 Å². The second-order valence-electron chi connectivity index (χ2n) is 3.57. The van der Waals surface area contributed by atoms with E-state index >= 15 is 0 Å². The van der Waals surface area contributed by atoms with Gasteiger partial charge < -0.3 is 9.30 Å². The van der Waals surface area contributed by atoms with Gasteiger partial charge in [-0.05, 0) is 18.6 Å². The molecule has 0 spiro atoms. The highest BCUT2D eigenvalue weighted by Gasteiger charge is 2.06. The van der Waals surface area contributed by atoms with Crippen LogP contribution in [0.15, 0.2) is 12.1 Å². The third-order valence-electron chi connectivity index (χ3n) is 2.48. The highest BCUT2D eigenvalue weighted by molar-refractivity contribution is 5.27. The number of hydrogen-bond acceptors (Lipinski definition) is 2. The molecule has 0 radical (unpaired) electrons. The van der Waals surface area contributed by atoms with E-state index in [4.69, 9.17) is 10.00 Å². The fourth-order valence-electron chi connectivity index (χ4n) is 1.61. The first kappa shape index (κ1) is 11.8. The van der Waals surface area contributed by atoms with E-state index in [-0.39, 0.29) is 0 Å². The Morgan fingerprint density at radius 3 is 2.87 bits per heavy atom. The van der Waals surface area contributed by atoms with Crippen molar-refractivity contribution >= 4 is 0 Å². The topological polar surface area (TPSA) is 38.0 Å². The third-order valence-corrected chi connectivity index (χ3v) is 2.48. The fraction of sp³-hybridized carbons (Fsp3) is 0.583. The second kappa shape index (κ2) is 6.26. The van der Waals surface area contributed by atoms with Gasteiger partial charge in [0.25, 0.3) is 0 Å². The van der Waals surface area contributed by atoms with Gasteiger partial charge in [0.15, 0.2) is 0 Å². The van der Waals surface area contributed by atoms with Crippen LogP contribution >= 0.6 is 0 Å². The van der Waals surface area contributed by atoms with Gasteiger partial charge >= 0.3 is 0 Å². The van der Waals surface area contributed by atoms with E-state index in [0.29, 0.717) is 6.61 Å². The predicted octanol–water partition coefficient (Wildman–Crippen LogP) is 2.35. The summed E-state index contributed by atoms with van der Waals surface area (Å²) in [7, 11) is 1.70. The zero-order chi connectivity index (χ0) is 11.1. The summed E-state index contributed by atoms with van der Waals surface area (Å²) < 4.78 is 7.15. The molecule has 0 aromatic carbocycles. The average Bonchev–Trinajstić information content (AvgIpc) is 2.65. The molecule has 0 aliphatic rings. The van der Waals surface area contributed by atoms with Crippen LogP contribution in [0.3, 0.4) is 0 Å².